The SMILES string of the molecule is Cc1cc(C)n2nc(Sc3ncc(Cl)cc3[N+](=O)[O-])nc2n1. The van der Waals surface area contributed by atoms with Crippen molar-refractivity contribution >= 4 is 34.8 Å². The molecular formula is C12H9ClN6O2S. The van der Waals surface area contributed by atoms with Crippen molar-refractivity contribution in [1.29, 1.82) is 0 Å². The molecular weight excluding hydrogens is 328 g/mol. The minimum absolute atomic E-state index is 0.180. The number of hydrogen-bond donors (Lipinski definition) is 0. The zero-order valence-electron chi connectivity index (χ0n) is 11.5. The van der Waals surface area contributed by atoms with Crippen LogP contribution >= 0.6 is 23.4 Å². The third kappa shape index (κ3) is 2.72. The van der Waals surface area contributed by atoms with Crippen LogP contribution in [0.1, 0.15) is 11.4 Å². The first-order chi connectivity index (χ1) is 10.4. The fraction of sp³-hybridized carbons (Fsp3) is 0.167. The molecule has 0 aliphatic heterocycles. The van der Waals surface area contributed by atoms with E-state index in [2.05, 4.69) is 20.1 Å². The molecule has 3 rings (SSSR count). The van der Waals surface area contributed by atoms with E-state index in [-0.39, 0.29) is 15.7 Å². The van der Waals surface area contributed by atoms with Gasteiger partial charge in [-0.3, -0.25) is 10.1 Å². The summed E-state index contributed by atoms with van der Waals surface area (Å²) in [6, 6.07) is 3.12. The van der Waals surface area contributed by atoms with Gasteiger partial charge in [-0.1, -0.05) is 11.6 Å². The lowest BCUT2D eigenvalue weighted by Gasteiger charge is -1.99. The standard InChI is InChI=1S/C12H9ClN6O2S/c1-6-3-7(2)18-11(15-6)16-12(17-18)22-10-9(19(20)21)4-8(13)5-14-10/h3-5H,1-2H3. The molecule has 0 amide bonds. The Bertz CT molecular complexity index is 897. The van der Waals surface area contributed by atoms with Crippen LogP contribution in [0.4, 0.5) is 5.69 Å². The van der Waals surface area contributed by atoms with Crippen molar-refractivity contribution in [2.75, 3.05) is 0 Å². The van der Waals surface area contributed by atoms with E-state index in [4.69, 9.17) is 11.6 Å². The lowest BCUT2D eigenvalue weighted by molar-refractivity contribution is -0.388. The van der Waals surface area contributed by atoms with E-state index in [0.29, 0.717) is 10.9 Å². The van der Waals surface area contributed by atoms with Crippen LogP contribution in [0, 0.1) is 24.0 Å². The molecule has 0 N–H and O–H groups in total. The fourth-order valence-corrected chi connectivity index (χ4v) is 2.82. The number of rotatable bonds is 3. The second-order valence-electron chi connectivity index (χ2n) is 4.48. The van der Waals surface area contributed by atoms with Crippen LogP contribution in [-0.4, -0.2) is 29.5 Å². The first-order valence-electron chi connectivity index (χ1n) is 6.13. The van der Waals surface area contributed by atoms with Crippen LogP contribution < -0.4 is 0 Å². The summed E-state index contributed by atoms with van der Waals surface area (Å²) < 4.78 is 1.58. The van der Waals surface area contributed by atoms with Gasteiger partial charge in [0.2, 0.25) is 5.16 Å². The highest BCUT2D eigenvalue weighted by Gasteiger charge is 2.19. The number of hydrogen-bond acceptors (Lipinski definition) is 7. The van der Waals surface area contributed by atoms with E-state index >= 15 is 0 Å². The average Bonchev–Trinajstić information content (AvgIpc) is 2.83. The largest absolute Gasteiger partial charge is 0.303 e. The molecule has 8 nitrogen and oxygen atoms in total. The number of nitro groups is 1. The van der Waals surface area contributed by atoms with Crippen LogP contribution in [0.5, 0.6) is 0 Å². The third-order valence-corrected chi connectivity index (χ3v) is 3.85. The molecule has 0 spiro atoms. The van der Waals surface area contributed by atoms with Crippen molar-refractivity contribution in [3.05, 3.63) is 44.9 Å². The first-order valence-corrected chi connectivity index (χ1v) is 7.32. The van der Waals surface area contributed by atoms with E-state index in [1.165, 1.54) is 12.3 Å². The zero-order chi connectivity index (χ0) is 15.9. The van der Waals surface area contributed by atoms with Crippen molar-refractivity contribution in [1.82, 2.24) is 24.6 Å². The number of fused-ring (bicyclic) bond motifs is 1. The van der Waals surface area contributed by atoms with Crippen LogP contribution in [-0.2, 0) is 0 Å². The number of halogens is 1. The molecule has 0 atom stereocenters. The molecule has 3 heterocycles. The smallest absolute Gasteiger partial charge is 0.258 e. The van der Waals surface area contributed by atoms with E-state index < -0.39 is 4.92 Å². The fourth-order valence-electron chi connectivity index (χ4n) is 1.90. The lowest BCUT2D eigenvalue weighted by atomic mass is 10.4. The molecule has 3 aromatic rings. The maximum Gasteiger partial charge on any atom is 0.303 e. The average molecular weight is 337 g/mol. The summed E-state index contributed by atoms with van der Waals surface area (Å²) in [6.07, 6.45) is 1.35. The van der Waals surface area contributed by atoms with Gasteiger partial charge in [-0.2, -0.15) is 4.98 Å². The van der Waals surface area contributed by atoms with E-state index in [0.717, 1.165) is 23.1 Å². The molecule has 0 saturated carbocycles. The predicted molar refractivity (Wildman–Crippen MR) is 80.3 cm³/mol. The molecule has 0 aliphatic carbocycles. The van der Waals surface area contributed by atoms with E-state index in [1.807, 2.05) is 19.9 Å². The Morgan fingerprint density at radius 3 is 2.82 bits per heavy atom. The summed E-state index contributed by atoms with van der Waals surface area (Å²) in [4.78, 5) is 23.0. The Balaban J connectivity index is 2.04. The minimum Gasteiger partial charge on any atom is -0.258 e. The van der Waals surface area contributed by atoms with Gasteiger partial charge in [0.25, 0.3) is 5.78 Å². The summed E-state index contributed by atoms with van der Waals surface area (Å²) in [7, 11) is 0. The molecule has 0 fully saturated rings. The van der Waals surface area contributed by atoms with Gasteiger partial charge in [-0.05, 0) is 31.7 Å². The second-order valence-corrected chi connectivity index (χ2v) is 5.87. The molecule has 0 aliphatic rings. The zero-order valence-corrected chi connectivity index (χ0v) is 13.1. The van der Waals surface area contributed by atoms with Gasteiger partial charge in [0, 0.05) is 23.7 Å². The van der Waals surface area contributed by atoms with E-state index in [1.54, 1.807) is 4.52 Å². The van der Waals surface area contributed by atoms with Crippen molar-refractivity contribution in [3.63, 3.8) is 0 Å². The molecule has 0 unspecified atom stereocenters. The summed E-state index contributed by atoms with van der Waals surface area (Å²) >= 11 is 6.74. The molecule has 0 aromatic carbocycles. The maximum absolute atomic E-state index is 11.1. The molecule has 0 bridgehead atoms. The lowest BCUT2D eigenvalue weighted by Crippen LogP contribution is -1.97. The molecule has 22 heavy (non-hydrogen) atoms. The van der Waals surface area contributed by atoms with Gasteiger partial charge >= 0.3 is 5.69 Å². The molecule has 0 saturated heterocycles. The summed E-state index contributed by atoms with van der Waals surface area (Å²) in [5.74, 6) is 0.441. The topological polar surface area (TPSA) is 99.1 Å². The van der Waals surface area contributed by atoms with Crippen LogP contribution in [0.15, 0.2) is 28.5 Å². The third-order valence-electron chi connectivity index (χ3n) is 2.78. The van der Waals surface area contributed by atoms with Gasteiger partial charge in [-0.15, -0.1) is 5.10 Å². The first kappa shape index (κ1) is 14.7. The highest BCUT2D eigenvalue weighted by Crippen LogP contribution is 2.32. The van der Waals surface area contributed by atoms with Gasteiger partial charge in [-0.25, -0.2) is 14.5 Å². The van der Waals surface area contributed by atoms with Gasteiger partial charge < -0.3 is 0 Å². The Kier molecular flexibility index (Phi) is 3.67. The van der Waals surface area contributed by atoms with Gasteiger partial charge in [0.15, 0.2) is 5.03 Å². The van der Waals surface area contributed by atoms with Gasteiger partial charge in [0.1, 0.15) is 0 Å². The molecule has 3 aromatic heterocycles. The number of nitrogens with zero attached hydrogens (tertiary/aromatic N) is 6. The highest BCUT2D eigenvalue weighted by molar-refractivity contribution is 7.99. The molecule has 112 valence electrons. The Labute approximate surface area is 133 Å². The number of pyridine rings is 1. The van der Waals surface area contributed by atoms with Crippen molar-refractivity contribution in [2.45, 2.75) is 24.0 Å². The molecule has 10 heteroatoms. The van der Waals surface area contributed by atoms with Crippen LogP contribution in [0.3, 0.4) is 0 Å². The second kappa shape index (κ2) is 5.50. The number of aromatic nitrogens is 5. The van der Waals surface area contributed by atoms with Crippen LogP contribution in [0.2, 0.25) is 5.02 Å². The highest BCUT2D eigenvalue weighted by atomic mass is 35.5. The Morgan fingerprint density at radius 1 is 1.32 bits per heavy atom. The van der Waals surface area contributed by atoms with E-state index in [9.17, 15) is 10.1 Å². The summed E-state index contributed by atoms with van der Waals surface area (Å²) in [5, 5.41) is 16.1. The number of aryl methyl sites for hydroxylation is 2. The monoisotopic (exact) mass is 336 g/mol. The van der Waals surface area contributed by atoms with Gasteiger partial charge in [0.05, 0.1) is 9.95 Å². The molecule has 0 radical (unpaired) electrons. The van der Waals surface area contributed by atoms with Crippen molar-refractivity contribution in [3.8, 4) is 0 Å². The van der Waals surface area contributed by atoms with Crippen molar-refractivity contribution in [2.24, 2.45) is 0 Å². The Hall–Kier alpha value is -2.26. The minimum atomic E-state index is -0.537. The van der Waals surface area contributed by atoms with Crippen LogP contribution in [0.25, 0.3) is 5.78 Å². The summed E-state index contributed by atoms with van der Waals surface area (Å²) in [6.45, 7) is 3.74. The maximum atomic E-state index is 11.1. The predicted octanol–water partition coefficient (Wildman–Crippen LogP) is 2.85. The Morgan fingerprint density at radius 2 is 2.09 bits per heavy atom. The summed E-state index contributed by atoms with van der Waals surface area (Å²) in [5.41, 5.74) is 1.52. The van der Waals surface area contributed by atoms with Crippen molar-refractivity contribution < 1.29 is 4.92 Å². The normalized spacial score (nSPS) is 11.0. The quantitative estimate of drug-likeness (QED) is 0.535.